The maximum Gasteiger partial charge on any atom is 0.338 e. The summed E-state index contributed by atoms with van der Waals surface area (Å²) >= 11 is 11.4. The smallest absolute Gasteiger partial charge is 0.338 e. The molecule has 0 fully saturated rings. The number of hydrogen-bond acceptors (Lipinski definition) is 8. The molecule has 1 aromatic heterocycles. The Morgan fingerprint density at radius 3 is 2.72 bits per heavy atom. The highest BCUT2D eigenvalue weighted by molar-refractivity contribution is 9.10. The second-order valence-electron chi connectivity index (χ2n) is 7.80. The van der Waals surface area contributed by atoms with Crippen LogP contribution >= 0.6 is 39.3 Å². The molecule has 0 spiro atoms. The number of aromatic nitrogens is 3. The summed E-state index contributed by atoms with van der Waals surface area (Å²) in [6, 6.07) is 10.8. The first-order valence-corrected chi connectivity index (χ1v) is 13.5. The maximum atomic E-state index is 13.1. The Labute approximate surface area is 227 Å². The van der Waals surface area contributed by atoms with Crippen molar-refractivity contribution in [3.63, 3.8) is 0 Å². The first kappa shape index (κ1) is 26.4. The van der Waals surface area contributed by atoms with E-state index in [1.807, 2.05) is 50.2 Å². The van der Waals surface area contributed by atoms with E-state index >= 15 is 0 Å². The van der Waals surface area contributed by atoms with Gasteiger partial charge >= 0.3 is 5.97 Å². The summed E-state index contributed by atoms with van der Waals surface area (Å²) in [6.07, 6.45) is 0. The summed E-state index contributed by atoms with van der Waals surface area (Å²) in [6.45, 7) is 6.21. The fraction of sp³-hybridized carbons (Fsp3) is 0.320. The molecule has 11 heteroatoms. The molecular formula is C25H26BrClN4O4S. The molecule has 1 aliphatic heterocycles. The SMILES string of the molecule is CCOC(=O)C1=C(C)Nc2nc(SCc3ccccc3Cl)nn2C1c1cc(Br)c(OC)c(OCC)c1. The molecule has 3 aromatic rings. The molecule has 2 heterocycles. The average molecular weight is 594 g/mol. The molecular weight excluding hydrogens is 568 g/mol. The van der Waals surface area contributed by atoms with Gasteiger partial charge in [-0.25, -0.2) is 9.48 Å². The lowest BCUT2D eigenvalue weighted by atomic mass is 9.95. The van der Waals surface area contributed by atoms with Crippen molar-refractivity contribution in [1.29, 1.82) is 0 Å². The van der Waals surface area contributed by atoms with E-state index in [2.05, 4.69) is 26.2 Å². The van der Waals surface area contributed by atoms with Gasteiger partial charge in [0.05, 0.1) is 30.4 Å². The summed E-state index contributed by atoms with van der Waals surface area (Å²) in [7, 11) is 1.58. The lowest BCUT2D eigenvalue weighted by Crippen LogP contribution is -2.29. The number of thioether (sulfide) groups is 1. The van der Waals surface area contributed by atoms with Crippen LogP contribution < -0.4 is 14.8 Å². The van der Waals surface area contributed by atoms with E-state index in [4.69, 9.17) is 30.9 Å². The summed E-state index contributed by atoms with van der Waals surface area (Å²) < 4.78 is 19.2. The minimum absolute atomic E-state index is 0.252. The lowest BCUT2D eigenvalue weighted by molar-refractivity contribution is -0.139. The summed E-state index contributed by atoms with van der Waals surface area (Å²) in [5.41, 5.74) is 2.84. The van der Waals surface area contributed by atoms with Crippen molar-refractivity contribution in [3.05, 3.63) is 68.3 Å². The van der Waals surface area contributed by atoms with Gasteiger partial charge in [-0.3, -0.25) is 0 Å². The highest BCUT2D eigenvalue weighted by Crippen LogP contribution is 2.43. The number of fused-ring (bicyclic) bond motifs is 1. The van der Waals surface area contributed by atoms with Crippen molar-refractivity contribution in [2.45, 2.75) is 37.7 Å². The van der Waals surface area contributed by atoms with Crippen molar-refractivity contribution in [3.8, 4) is 11.5 Å². The second-order valence-corrected chi connectivity index (χ2v) is 10.0. The van der Waals surface area contributed by atoms with E-state index < -0.39 is 12.0 Å². The van der Waals surface area contributed by atoms with E-state index in [9.17, 15) is 4.79 Å². The Bertz CT molecular complexity index is 1310. The quantitative estimate of drug-likeness (QED) is 0.230. The van der Waals surface area contributed by atoms with Crippen LogP contribution in [0.3, 0.4) is 0 Å². The molecule has 0 bridgehead atoms. The normalized spacial score (nSPS) is 14.8. The van der Waals surface area contributed by atoms with Crippen molar-refractivity contribution in [2.24, 2.45) is 0 Å². The van der Waals surface area contributed by atoms with E-state index in [0.29, 0.717) is 55.7 Å². The molecule has 1 unspecified atom stereocenters. The predicted octanol–water partition coefficient (Wildman–Crippen LogP) is 6.25. The van der Waals surface area contributed by atoms with Crippen molar-refractivity contribution in [1.82, 2.24) is 14.8 Å². The number of halogens is 2. The number of carbonyl (C=O) groups excluding carboxylic acids is 1. The third-order valence-electron chi connectivity index (χ3n) is 5.49. The minimum atomic E-state index is -0.594. The Morgan fingerprint density at radius 2 is 2.03 bits per heavy atom. The topological polar surface area (TPSA) is 87.5 Å². The van der Waals surface area contributed by atoms with Crippen LogP contribution in [0.5, 0.6) is 11.5 Å². The Hall–Kier alpha value is -2.69. The molecule has 36 heavy (non-hydrogen) atoms. The van der Waals surface area contributed by atoms with Crippen molar-refractivity contribution < 1.29 is 19.0 Å². The second kappa shape index (κ2) is 11.6. The molecule has 0 saturated carbocycles. The van der Waals surface area contributed by atoms with Crippen LogP contribution in [0, 0.1) is 0 Å². The van der Waals surface area contributed by atoms with Gasteiger partial charge in [0.25, 0.3) is 0 Å². The Kier molecular flexibility index (Phi) is 8.48. The molecule has 1 aliphatic rings. The molecule has 0 saturated heterocycles. The first-order valence-electron chi connectivity index (χ1n) is 11.4. The number of ether oxygens (including phenoxy) is 3. The van der Waals surface area contributed by atoms with Crippen LogP contribution in [-0.4, -0.2) is 41.1 Å². The van der Waals surface area contributed by atoms with E-state index in [1.54, 1.807) is 18.7 Å². The third kappa shape index (κ3) is 5.35. The largest absolute Gasteiger partial charge is 0.492 e. The van der Waals surface area contributed by atoms with Gasteiger partial charge in [-0.15, -0.1) is 5.10 Å². The zero-order valence-corrected chi connectivity index (χ0v) is 23.5. The van der Waals surface area contributed by atoms with E-state index in [1.165, 1.54) is 11.8 Å². The molecule has 2 aromatic carbocycles. The van der Waals surface area contributed by atoms with Gasteiger partial charge in [0.2, 0.25) is 11.1 Å². The standard InChI is InChI=1S/C25H26BrClN4O4S/c1-5-34-19-12-16(11-17(26)22(19)33-4)21-20(23(32)35-6-2)14(3)28-24-29-25(30-31(21)24)36-13-15-9-7-8-10-18(15)27/h7-12,21H,5-6,13H2,1-4H3,(H,28,29,30). The third-order valence-corrected chi connectivity index (χ3v) is 7.34. The van der Waals surface area contributed by atoms with Crippen molar-refractivity contribution in [2.75, 3.05) is 25.6 Å². The van der Waals surface area contributed by atoms with E-state index in [-0.39, 0.29) is 6.61 Å². The maximum absolute atomic E-state index is 13.1. The molecule has 8 nitrogen and oxygen atoms in total. The number of allylic oxidation sites excluding steroid dienone is 1. The number of hydrogen-bond donors (Lipinski definition) is 1. The number of nitrogens with one attached hydrogen (secondary N) is 1. The number of carbonyl (C=O) groups is 1. The highest BCUT2D eigenvalue weighted by Gasteiger charge is 2.36. The number of nitrogens with zero attached hydrogens (tertiary/aromatic N) is 3. The molecule has 0 radical (unpaired) electrons. The highest BCUT2D eigenvalue weighted by atomic mass is 79.9. The van der Waals surface area contributed by atoms with Crippen LogP contribution in [0.15, 0.2) is 57.3 Å². The first-order chi connectivity index (χ1) is 17.4. The molecule has 4 rings (SSSR count). The monoisotopic (exact) mass is 592 g/mol. The fourth-order valence-electron chi connectivity index (χ4n) is 3.94. The van der Waals surface area contributed by atoms with Gasteiger partial charge in [0.15, 0.2) is 11.5 Å². The summed E-state index contributed by atoms with van der Waals surface area (Å²) in [4.78, 5) is 17.8. The zero-order valence-electron chi connectivity index (χ0n) is 20.3. The van der Waals surface area contributed by atoms with Gasteiger partial charge in [-0.2, -0.15) is 4.98 Å². The Morgan fingerprint density at radius 1 is 1.25 bits per heavy atom. The van der Waals surface area contributed by atoms with Gasteiger partial charge in [-0.1, -0.05) is 41.6 Å². The van der Waals surface area contributed by atoms with Crippen LogP contribution in [0.25, 0.3) is 0 Å². The fourth-order valence-corrected chi connectivity index (χ4v) is 5.67. The molecule has 190 valence electrons. The lowest BCUT2D eigenvalue weighted by Gasteiger charge is -2.28. The van der Waals surface area contributed by atoms with Crippen LogP contribution in [0.4, 0.5) is 5.95 Å². The number of methoxy groups -OCH3 is 1. The van der Waals surface area contributed by atoms with Crippen LogP contribution in [0.2, 0.25) is 5.02 Å². The molecule has 0 amide bonds. The number of anilines is 1. The summed E-state index contributed by atoms with van der Waals surface area (Å²) in [5, 5.41) is 9.23. The molecule has 0 aliphatic carbocycles. The number of esters is 1. The Balaban J connectivity index is 1.78. The number of benzene rings is 2. The van der Waals surface area contributed by atoms with Gasteiger partial charge in [0, 0.05) is 16.5 Å². The number of rotatable bonds is 9. The zero-order chi connectivity index (χ0) is 25.8. The van der Waals surface area contributed by atoms with Gasteiger partial charge in [-0.05, 0) is 66.0 Å². The molecule has 1 N–H and O–H groups in total. The van der Waals surface area contributed by atoms with Crippen LogP contribution in [-0.2, 0) is 15.3 Å². The van der Waals surface area contributed by atoms with E-state index in [0.717, 1.165) is 11.1 Å². The average Bonchev–Trinajstić information content (AvgIpc) is 3.25. The van der Waals surface area contributed by atoms with Gasteiger partial charge in [0.1, 0.15) is 6.04 Å². The minimum Gasteiger partial charge on any atom is -0.492 e. The van der Waals surface area contributed by atoms with Gasteiger partial charge < -0.3 is 19.5 Å². The predicted molar refractivity (Wildman–Crippen MR) is 144 cm³/mol. The summed E-state index contributed by atoms with van der Waals surface area (Å²) in [5.74, 6) is 1.83. The molecule has 1 atom stereocenters. The van der Waals surface area contributed by atoms with Crippen LogP contribution in [0.1, 0.15) is 37.9 Å². The van der Waals surface area contributed by atoms with Crippen molar-refractivity contribution >= 4 is 51.2 Å².